The fourth-order valence-electron chi connectivity index (χ4n) is 1.85. The van der Waals surface area contributed by atoms with Crippen LogP contribution in [0.1, 0.15) is 18.0 Å². The maximum Gasteiger partial charge on any atom is 0.255 e. The number of aliphatic imine (C=N–C) groups is 1. The van der Waals surface area contributed by atoms with Gasteiger partial charge in [0.15, 0.2) is 0 Å². The summed E-state index contributed by atoms with van der Waals surface area (Å²) in [6.07, 6.45) is 0.239. The van der Waals surface area contributed by atoms with Crippen LogP contribution < -0.4 is 11.5 Å². The van der Waals surface area contributed by atoms with Gasteiger partial charge in [-0.3, -0.25) is 9.79 Å². The van der Waals surface area contributed by atoms with Crippen LogP contribution in [-0.4, -0.2) is 16.8 Å². The molecule has 1 aliphatic heterocycles. The van der Waals surface area contributed by atoms with Gasteiger partial charge in [0.2, 0.25) is 0 Å². The number of rotatable bonds is 2. The first-order valence-corrected chi connectivity index (χ1v) is 5.20. The molecular weight excluding hydrogens is 218 g/mol. The fraction of sp³-hybridized carbons (Fsp3) is 0.167. The van der Waals surface area contributed by atoms with Crippen molar-refractivity contribution < 1.29 is 9.90 Å². The number of primary amides is 1. The molecule has 5 N–H and O–H groups in total. The molecule has 0 spiro atoms. The smallest absolute Gasteiger partial charge is 0.255 e. The lowest BCUT2D eigenvalue weighted by Gasteiger charge is -2.20. The molecule has 5 heteroatoms. The van der Waals surface area contributed by atoms with Gasteiger partial charge in [0.05, 0.1) is 6.04 Å². The van der Waals surface area contributed by atoms with Crippen LogP contribution in [0.5, 0.6) is 0 Å². The lowest BCUT2D eigenvalue weighted by molar-refractivity contribution is -0.114. The lowest BCUT2D eigenvalue weighted by Crippen LogP contribution is -2.31. The topological polar surface area (TPSA) is 102 Å². The molecule has 1 unspecified atom stereocenters. The summed E-state index contributed by atoms with van der Waals surface area (Å²) in [7, 11) is 0. The molecule has 17 heavy (non-hydrogen) atoms. The summed E-state index contributed by atoms with van der Waals surface area (Å²) in [4.78, 5) is 15.2. The summed E-state index contributed by atoms with van der Waals surface area (Å²) in [6.45, 7) is 0. The Kier molecular flexibility index (Phi) is 2.82. The van der Waals surface area contributed by atoms with Gasteiger partial charge in [-0.15, -0.1) is 0 Å². The molecule has 0 fully saturated rings. The third-order valence-electron chi connectivity index (χ3n) is 2.66. The molecule has 1 aromatic rings. The Balaban J connectivity index is 2.33. The second-order valence-corrected chi connectivity index (χ2v) is 3.83. The number of amides is 1. The molecule has 0 aromatic heterocycles. The van der Waals surface area contributed by atoms with E-state index in [1.807, 2.05) is 30.3 Å². The van der Waals surface area contributed by atoms with E-state index in [2.05, 4.69) is 4.99 Å². The van der Waals surface area contributed by atoms with Gasteiger partial charge in [-0.25, -0.2) is 0 Å². The van der Waals surface area contributed by atoms with Crippen LogP contribution in [0.15, 0.2) is 46.7 Å². The number of carbonyl (C=O) groups excluding carboxylic acids is 1. The molecule has 0 radical (unpaired) electrons. The van der Waals surface area contributed by atoms with Crippen molar-refractivity contribution in [3.05, 3.63) is 47.2 Å². The molecular formula is C12H13N3O2. The van der Waals surface area contributed by atoms with Gasteiger partial charge in [-0.05, 0) is 5.56 Å². The Hall–Kier alpha value is -2.30. The molecule has 5 nitrogen and oxygen atoms in total. The second kappa shape index (κ2) is 4.29. The van der Waals surface area contributed by atoms with E-state index in [9.17, 15) is 9.90 Å². The first-order valence-electron chi connectivity index (χ1n) is 5.20. The number of nitrogens with two attached hydrogens (primary N) is 2. The normalized spacial score (nSPS) is 20.0. The molecule has 1 aliphatic rings. The number of benzene rings is 1. The molecule has 0 aliphatic carbocycles. The van der Waals surface area contributed by atoms with Crippen molar-refractivity contribution in [3.8, 4) is 0 Å². The Morgan fingerprint density at radius 2 is 2.00 bits per heavy atom. The molecule has 88 valence electrons. The van der Waals surface area contributed by atoms with E-state index in [4.69, 9.17) is 11.5 Å². The summed E-state index contributed by atoms with van der Waals surface area (Å²) < 4.78 is 0. The third-order valence-corrected chi connectivity index (χ3v) is 2.66. The third kappa shape index (κ3) is 2.13. The molecule has 2 rings (SSSR count). The average Bonchev–Trinajstić information content (AvgIpc) is 2.28. The van der Waals surface area contributed by atoms with Crippen molar-refractivity contribution in [2.45, 2.75) is 12.5 Å². The first kappa shape index (κ1) is 11.2. The van der Waals surface area contributed by atoms with Crippen molar-refractivity contribution in [3.63, 3.8) is 0 Å². The largest absolute Gasteiger partial charge is 0.511 e. The molecule has 1 amide bonds. The Morgan fingerprint density at radius 3 is 2.53 bits per heavy atom. The Morgan fingerprint density at radius 1 is 1.35 bits per heavy atom. The number of aliphatic hydroxyl groups is 1. The van der Waals surface area contributed by atoms with Crippen LogP contribution in [0, 0.1) is 0 Å². The quantitative estimate of drug-likeness (QED) is 0.701. The van der Waals surface area contributed by atoms with Gasteiger partial charge in [-0.2, -0.15) is 0 Å². The monoisotopic (exact) mass is 231 g/mol. The van der Waals surface area contributed by atoms with Crippen molar-refractivity contribution in [2.75, 3.05) is 0 Å². The van der Waals surface area contributed by atoms with E-state index >= 15 is 0 Å². The first-order chi connectivity index (χ1) is 8.09. The van der Waals surface area contributed by atoms with E-state index in [1.165, 1.54) is 0 Å². The van der Waals surface area contributed by atoms with E-state index in [0.717, 1.165) is 5.56 Å². The molecule has 1 atom stereocenters. The zero-order valence-corrected chi connectivity index (χ0v) is 9.13. The summed E-state index contributed by atoms with van der Waals surface area (Å²) in [5.41, 5.74) is 11.6. The Labute approximate surface area is 98.5 Å². The summed E-state index contributed by atoms with van der Waals surface area (Å²) >= 11 is 0. The predicted molar refractivity (Wildman–Crippen MR) is 64.3 cm³/mol. The number of carbonyl (C=O) groups is 1. The highest BCUT2D eigenvalue weighted by Gasteiger charge is 2.26. The van der Waals surface area contributed by atoms with E-state index in [-0.39, 0.29) is 29.6 Å². The van der Waals surface area contributed by atoms with Crippen molar-refractivity contribution in [1.82, 2.24) is 0 Å². The summed E-state index contributed by atoms with van der Waals surface area (Å²) in [5, 5.41) is 9.76. The standard InChI is InChI=1S/C12H13N3O2/c13-11-10(12(14)17)9(16)6-8(15-11)7-4-2-1-3-5-7/h1-5,8,16H,6H2,(H2,13,15)(H2,14,17). The van der Waals surface area contributed by atoms with Gasteiger partial charge in [0, 0.05) is 6.42 Å². The minimum atomic E-state index is -0.754. The number of amidine groups is 1. The van der Waals surface area contributed by atoms with Gasteiger partial charge in [-0.1, -0.05) is 30.3 Å². The van der Waals surface area contributed by atoms with Gasteiger partial charge in [0.1, 0.15) is 17.2 Å². The highest BCUT2D eigenvalue weighted by Crippen LogP contribution is 2.29. The zero-order valence-electron chi connectivity index (χ0n) is 9.13. The minimum absolute atomic E-state index is 0.00453. The van der Waals surface area contributed by atoms with E-state index in [0.29, 0.717) is 0 Å². The van der Waals surface area contributed by atoms with Crippen molar-refractivity contribution >= 4 is 11.7 Å². The second-order valence-electron chi connectivity index (χ2n) is 3.83. The SMILES string of the molecule is NC(=O)C1=C(O)CC(c2ccccc2)N=C1N. The van der Waals surface area contributed by atoms with E-state index < -0.39 is 5.91 Å². The Bertz CT molecular complexity index is 506. The van der Waals surface area contributed by atoms with Crippen molar-refractivity contribution in [1.29, 1.82) is 0 Å². The zero-order chi connectivity index (χ0) is 12.4. The maximum absolute atomic E-state index is 11.1. The van der Waals surface area contributed by atoms with Crippen LogP contribution in [-0.2, 0) is 4.79 Å². The van der Waals surface area contributed by atoms with Gasteiger partial charge < -0.3 is 16.6 Å². The van der Waals surface area contributed by atoms with Crippen LogP contribution in [0.25, 0.3) is 0 Å². The lowest BCUT2D eigenvalue weighted by atomic mass is 9.97. The number of dihydropyridines is 1. The van der Waals surface area contributed by atoms with Crippen LogP contribution in [0.4, 0.5) is 0 Å². The number of hydrogen-bond acceptors (Lipinski definition) is 4. The van der Waals surface area contributed by atoms with Gasteiger partial charge in [0.25, 0.3) is 5.91 Å². The molecule has 0 saturated carbocycles. The maximum atomic E-state index is 11.1. The highest BCUT2D eigenvalue weighted by molar-refractivity contribution is 6.20. The summed E-state index contributed by atoms with van der Waals surface area (Å²) in [6, 6.07) is 9.17. The van der Waals surface area contributed by atoms with Gasteiger partial charge >= 0.3 is 0 Å². The minimum Gasteiger partial charge on any atom is -0.511 e. The predicted octanol–water partition coefficient (Wildman–Crippen LogP) is 0.786. The number of aliphatic hydroxyl groups excluding tert-OH is 1. The van der Waals surface area contributed by atoms with Crippen LogP contribution in [0.3, 0.4) is 0 Å². The molecule has 1 aromatic carbocycles. The van der Waals surface area contributed by atoms with Crippen molar-refractivity contribution in [2.24, 2.45) is 16.5 Å². The molecule has 0 saturated heterocycles. The van der Waals surface area contributed by atoms with E-state index in [1.54, 1.807) is 0 Å². The molecule has 1 heterocycles. The average molecular weight is 231 g/mol. The van der Waals surface area contributed by atoms with Crippen LogP contribution >= 0.6 is 0 Å². The fourth-order valence-corrected chi connectivity index (χ4v) is 1.85. The summed E-state index contributed by atoms with van der Waals surface area (Å²) in [5.74, 6) is -0.857. The molecule has 0 bridgehead atoms. The highest BCUT2D eigenvalue weighted by atomic mass is 16.3. The van der Waals surface area contributed by atoms with Crippen LogP contribution in [0.2, 0.25) is 0 Å². The number of nitrogens with zero attached hydrogens (tertiary/aromatic N) is 1. The number of hydrogen-bond donors (Lipinski definition) is 3.